The van der Waals surface area contributed by atoms with Crippen LogP contribution in [0.3, 0.4) is 0 Å². The molecule has 0 spiro atoms. The third-order valence-electron chi connectivity index (χ3n) is 4.58. The molecule has 0 N–H and O–H groups in total. The molecule has 3 heterocycles. The average molecular weight is 406 g/mol. The van der Waals surface area contributed by atoms with Crippen LogP contribution in [-0.4, -0.2) is 49.0 Å². The fourth-order valence-electron chi connectivity index (χ4n) is 3.17. The number of para-hydroxylation sites is 1. The summed E-state index contributed by atoms with van der Waals surface area (Å²) >= 11 is 1.54. The minimum Gasteiger partial charge on any atom is -0.495 e. The van der Waals surface area contributed by atoms with Crippen LogP contribution in [0, 0.1) is 0 Å². The Labute approximate surface area is 161 Å². The maximum atomic E-state index is 13.0. The van der Waals surface area contributed by atoms with Gasteiger partial charge in [0.15, 0.2) is 0 Å². The van der Waals surface area contributed by atoms with Crippen molar-refractivity contribution in [3.63, 3.8) is 0 Å². The fourth-order valence-corrected chi connectivity index (χ4v) is 5.57. The van der Waals surface area contributed by atoms with Crippen molar-refractivity contribution < 1.29 is 17.9 Å². The molecule has 0 bridgehead atoms. The van der Waals surface area contributed by atoms with Gasteiger partial charge in [-0.25, -0.2) is 18.4 Å². The van der Waals surface area contributed by atoms with Gasteiger partial charge in [0.1, 0.15) is 27.8 Å². The van der Waals surface area contributed by atoms with Crippen molar-refractivity contribution in [2.24, 2.45) is 0 Å². The largest absolute Gasteiger partial charge is 0.495 e. The monoisotopic (exact) mass is 405 g/mol. The van der Waals surface area contributed by atoms with E-state index in [1.165, 1.54) is 29.1 Å². The SMILES string of the molecule is COc1ccccc1S(=O)(=O)N1CCC(Oc2ncnc3ccsc23)CC1. The highest BCUT2D eigenvalue weighted by molar-refractivity contribution is 7.89. The molecule has 0 amide bonds. The summed E-state index contributed by atoms with van der Waals surface area (Å²) in [6.45, 7) is 0.785. The second-order valence-electron chi connectivity index (χ2n) is 6.19. The number of rotatable bonds is 5. The van der Waals surface area contributed by atoms with Gasteiger partial charge in [-0.05, 0) is 36.4 Å². The number of hydrogen-bond acceptors (Lipinski definition) is 7. The first kappa shape index (κ1) is 18.1. The highest BCUT2D eigenvalue weighted by atomic mass is 32.2. The van der Waals surface area contributed by atoms with Crippen molar-refractivity contribution in [3.05, 3.63) is 42.0 Å². The Morgan fingerprint density at radius 2 is 1.93 bits per heavy atom. The molecular formula is C18H19N3O4S2. The molecule has 1 saturated heterocycles. The molecule has 142 valence electrons. The number of sulfonamides is 1. The minimum absolute atomic E-state index is 0.0747. The van der Waals surface area contributed by atoms with Crippen molar-refractivity contribution in [1.29, 1.82) is 0 Å². The Morgan fingerprint density at radius 1 is 1.15 bits per heavy atom. The summed E-state index contributed by atoms with van der Waals surface area (Å²) in [5, 5.41) is 1.95. The molecule has 27 heavy (non-hydrogen) atoms. The smallest absolute Gasteiger partial charge is 0.246 e. The Morgan fingerprint density at radius 3 is 2.70 bits per heavy atom. The van der Waals surface area contributed by atoms with Crippen LogP contribution in [0.4, 0.5) is 0 Å². The van der Waals surface area contributed by atoms with E-state index in [1.54, 1.807) is 24.3 Å². The summed E-state index contributed by atoms with van der Waals surface area (Å²) in [5.74, 6) is 0.929. The molecule has 0 radical (unpaired) electrons. The zero-order valence-corrected chi connectivity index (χ0v) is 16.4. The number of methoxy groups -OCH3 is 1. The highest BCUT2D eigenvalue weighted by Crippen LogP contribution is 2.31. The van der Waals surface area contributed by atoms with Gasteiger partial charge < -0.3 is 9.47 Å². The molecule has 0 atom stereocenters. The zero-order valence-electron chi connectivity index (χ0n) is 14.7. The first-order valence-electron chi connectivity index (χ1n) is 8.57. The van der Waals surface area contributed by atoms with Gasteiger partial charge in [-0.15, -0.1) is 11.3 Å². The number of ether oxygens (including phenoxy) is 2. The van der Waals surface area contributed by atoms with Crippen LogP contribution < -0.4 is 9.47 Å². The van der Waals surface area contributed by atoms with E-state index in [0.717, 1.165) is 10.2 Å². The van der Waals surface area contributed by atoms with Crippen LogP contribution in [0.25, 0.3) is 10.2 Å². The lowest BCUT2D eigenvalue weighted by Gasteiger charge is -2.31. The number of thiophene rings is 1. The molecule has 1 fully saturated rings. The molecule has 7 nitrogen and oxygen atoms in total. The van der Waals surface area contributed by atoms with Crippen molar-refractivity contribution in [2.75, 3.05) is 20.2 Å². The van der Waals surface area contributed by atoms with Gasteiger partial charge in [-0.1, -0.05) is 12.1 Å². The topological polar surface area (TPSA) is 81.6 Å². The van der Waals surface area contributed by atoms with Crippen molar-refractivity contribution in [1.82, 2.24) is 14.3 Å². The average Bonchev–Trinajstić information content (AvgIpc) is 3.18. The predicted octanol–water partition coefficient (Wildman–Crippen LogP) is 2.93. The van der Waals surface area contributed by atoms with Gasteiger partial charge in [-0.3, -0.25) is 0 Å². The Balaban J connectivity index is 1.46. The second-order valence-corrected chi connectivity index (χ2v) is 9.01. The fraction of sp³-hybridized carbons (Fsp3) is 0.333. The van der Waals surface area contributed by atoms with Crippen LogP contribution in [0.2, 0.25) is 0 Å². The Bertz CT molecular complexity index is 1040. The molecule has 0 aliphatic carbocycles. The minimum atomic E-state index is -3.60. The molecule has 3 aromatic rings. The summed E-state index contributed by atoms with van der Waals surface area (Å²) < 4.78 is 39.6. The maximum Gasteiger partial charge on any atom is 0.246 e. The maximum absolute atomic E-state index is 13.0. The molecule has 9 heteroatoms. The van der Waals surface area contributed by atoms with Crippen LogP contribution in [0.5, 0.6) is 11.6 Å². The van der Waals surface area contributed by atoms with Crippen LogP contribution in [0.1, 0.15) is 12.8 Å². The van der Waals surface area contributed by atoms with E-state index in [1.807, 2.05) is 11.4 Å². The van der Waals surface area contributed by atoms with Gasteiger partial charge in [0, 0.05) is 13.1 Å². The number of nitrogens with zero attached hydrogens (tertiary/aromatic N) is 3. The lowest BCUT2D eigenvalue weighted by molar-refractivity contribution is 0.132. The zero-order chi connectivity index (χ0) is 18.9. The normalized spacial score (nSPS) is 16.5. The molecule has 1 aliphatic rings. The van der Waals surface area contributed by atoms with E-state index in [0.29, 0.717) is 37.6 Å². The van der Waals surface area contributed by atoms with Crippen molar-refractivity contribution in [2.45, 2.75) is 23.8 Å². The molecule has 0 saturated carbocycles. The first-order valence-corrected chi connectivity index (χ1v) is 10.9. The number of fused-ring (bicyclic) bond motifs is 1. The van der Waals surface area contributed by atoms with Gasteiger partial charge in [-0.2, -0.15) is 4.31 Å². The summed E-state index contributed by atoms with van der Waals surface area (Å²) in [6, 6.07) is 8.61. The standard InChI is InChI=1S/C18H19N3O4S2/c1-24-15-4-2-3-5-16(15)27(22,23)21-9-6-13(7-10-21)25-18-17-14(8-11-26-17)19-12-20-18/h2-5,8,11-13H,6-7,9-10H2,1H3. The summed E-state index contributed by atoms with van der Waals surface area (Å²) in [6.07, 6.45) is 2.62. The molecular weight excluding hydrogens is 386 g/mol. The molecule has 1 aromatic carbocycles. The van der Waals surface area contributed by atoms with Crippen LogP contribution in [-0.2, 0) is 10.0 Å². The van der Waals surface area contributed by atoms with E-state index in [-0.39, 0.29) is 11.0 Å². The van der Waals surface area contributed by atoms with E-state index in [4.69, 9.17) is 9.47 Å². The third-order valence-corrected chi connectivity index (χ3v) is 7.41. The van der Waals surface area contributed by atoms with E-state index in [9.17, 15) is 8.42 Å². The number of benzene rings is 1. The summed E-state index contributed by atoms with van der Waals surface area (Å²) in [5.41, 5.74) is 0.862. The van der Waals surface area contributed by atoms with Gasteiger partial charge in [0.2, 0.25) is 15.9 Å². The quantitative estimate of drug-likeness (QED) is 0.649. The summed E-state index contributed by atoms with van der Waals surface area (Å²) in [7, 11) is -2.12. The molecule has 0 unspecified atom stereocenters. The Hall–Kier alpha value is -2.23. The number of hydrogen-bond donors (Lipinski definition) is 0. The second kappa shape index (κ2) is 7.41. The van der Waals surface area contributed by atoms with Crippen molar-refractivity contribution >= 4 is 31.6 Å². The lowest BCUT2D eigenvalue weighted by atomic mass is 10.1. The van der Waals surface area contributed by atoms with Crippen LogP contribution >= 0.6 is 11.3 Å². The van der Waals surface area contributed by atoms with Gasteiger partial charge in [0.05, 0.1) is 12.6 Å². The van der Waals surface area contributed by atoms with Gasteiger partial charge >= 0.3 is 0 Å². The first-order chi connectivity index (χ1) is 13.1. The number of piperidine rings is 1. The summed E-state index contributed by atoms with van der Waals surface area (Å²) in [4.78, 5) is 8.65. The molecule has 4 rings (SSSR count). The Kier molecular flexibility index (Phi) is 4.98. The molecule has 1 aliphatic heterocycles. The molecule has 2 aromatic heterocycles. The lowest BCUT2D eigenvalue weighted by Crippen LogP contribution is -2.41. The number of aromatic nitrogens is 2. The van der Waals surface area contributed by atoms with E-state index >= 15 is 0 Å². The highest BCUT2D eigenvalue weighted by Gasteiger charge is 2.32. The van der Waals surface area contributed by atoms with Crippen molar-refractivity contribution in [3.8, 4) is 11.6 Å². The predicted molar refractivity (Wildman–Crippen MR) is 103 cm³/mol. The van der Waals surface area contributed by atoms with E-state index < -0.39 is 10.0 Å². The van der Waals surface area contributed by atoms with Crippen LogP contribution in [0.15, 0.2) is 46.9 Å². The van der Waals surface area contributed by atoms with E-state index in [2.05, 4.69) is 9.97 Å². The third kappa shape index (κ3) is 3.50. The van der Waals surface area contributed by atoms with Gasteiger partial charge in [0.25, 0.3) is 0 Å².